The number of rotatable bonds is 4. The van der Waals surface area contributed by atoms with Crippen molar-refractivity contribution < 1.29 is 4.74 Å². The van der Waals surface area contributed by atoms with Crippen LogP contribution in [0.5, 0.6) is 11.5 Å². The first-order chi connectivity index (χ1) is 25.8. The maximum atomic E-state index is 6.93. The summed E-state index contributed by atoms with van der Waals surface area (Å²) in [5.41, 5.74) is 8.28. The minimum Gasteiger partial charge on any atom is -0.455 e. The Kier molecular flexibility index (Phi) is 6.18. The molecule has 11 rings (SSSR count). The number of hydrogen-bond acceptors (Lipinski definition) is 4. The lowest BCUT2D eigenvalue weighted by Crippen LogP contribution is -2.04. The van der Waals surface area contributed by atoms with Crippen LogP contribution in [0.25, 0.3) is 94.3 Å². The maximum Gasteiger partial charge on any atom is 0.167 e. The standard InChI is InChI=1S/C47H28N4O/c1-2-14-30(15-3-1)45-48-46(36-22-10-16-29-13-4-5-17-31(29)36)50-47(49-45)38-24-12-21-35-34-20-11-23-37-41(27-28-42(43(34)37)52-44(35)38)51-39-25-8-6-18-32(39)33-19-7-9-26-40(33)51/h1-28H. The van der Waals surface area contributed by atoms with E-state index in [0.717, 1.165) is 66.5 Å². The molecule has 0 atom stereocenters. The second kappa shape index (κ2) is 11.2. The lowest BCUT2D eigenvalue weighted by Gasteiger charge is -2.24. The van der Waals surface area contributed by atoms with E-state index in [1.165, 1.54) is 21.8 Å². The first-order valence-corrected chi connectivity index (χ1v) is 17.5. The van der Waals surface area contributed by atoms with Crippen molar-refractivity contribution in [3.63, 3.8) is 0 Å². The van der Waals surface area contributed by atoms with Gasteiger partial charge in [-0.05, 0) is 46.7 Å². The summed E-state index contributed by atoms with van der Waals surface area (Å²) in [5, 5.41) is 6.91. The normalized spacial score (nSPS) is 12.0. The van der Waals surface area contributed by atoms with Gasteiger partial charge < -0.3 is 9.30 Å². The Morgan fingerprint density at radius 2 is 0.942 bits per heavy atom. The van der Waals surface area contributed by atoms with Gasteiger partial charge in [0.1, 0.15) is 11.5 Å². The van der Waals surface area contributed by atoms with Crippen molar-refractivity contribution in [1.82, 2.24) is 19.5 Å². The van der Waals surface area contributed by atoms with E-state index in [1.807, 2.05) is 36.4 Å². The molecular formula is C47H28N4O. The van der Waals surface area contributed by atoms with Gasteiger partial charge in [0.25, 0.3) is 0 Å². The number of para-hydroxylation sites is 3. The Labute approximate surface area is 299 Å². The van der Waals surface area contributed by atoms with Gasteiger partial charge in [-0.25, -0.2) is 15.0 Å². The van der Waals surface area contributed by atoms with Crippen molar-refractivity contribution in [2.75, 3.05) is 0 Å². The average molecular weight is 665 g/mol. The summed E-state index contributed by atoms with van der Waals surface area (Å²) in [5.74, 6) is 3.33. The molecule has 0 amide bonds. The molecule has 0 saturated carbocycles. The fraction of sp³-hybridized carbons (Fsp3) is 0. The Bertz CT molecular complexity index is 3000. The highest BCUT2D eigenvalue weighted by Gasteiger charge is 2.27. The molecule has 5 nitrogen and oxygen atoms in total. The van der Waals surface area contributed by atoms with E-state index >= 15 is 0 Å². The molecule has 0 aliphatic carbocycles. The fourth-order valence-electron chi connectivity index (χ4n) is 7.94. The number of aromatic nitrogens is 4. The van der Waals surface area contributed by atoms with E-state index in [9.17, 15) is 0 Å². The van der Waals surface area contributed by atoms with Crippen molar-refractivity contribution >= 4 is 43.4 Å². The van der Waals surface area contributed by atoms with Crippen molar-refractivity contribution in [1.29, 1.82) is 0 Å². The second-order valence-corrected chi connectivity index (χ2v) is 13.2. The third-order valence-electron chi connectivity index (χ3n) is 10.3. The van der Waals surface area contributed by atoms with Gasteiger partial charge in [0, 0.05) is 38.2 Å². The van der Waals surface area contributed by atoms with E-state index in [2.05, 4.69) is 138 Å². The van der Waals surface area contributed by atoms with Crippen molar-refractivity contribution in [2.24, 2.45) is 0 Å². The highest BCUT2D eigenvalue weighted by Crippen LogP contribution is 2.51. The van der Waals surface area contributed by atoms with Gasteiger partial charge in [0.2, 0.25) is 0 Å². The van der Waals surface area contributed by atoms with Crippen molar-refractivity contribution in [3.8, 4) is 62.5 Å². The van der Waals surface area contributed by atoms with Gasteiger partial charge in [-0.15, -0.1) is 0 Å². The zero-order valence-corrected chi connectivity index (χ0v) is 27.9. The first kappa shape index (κ1) is 28.7. The van der Waals surface area contributed by atoms with Crippen LogP contribution < -0.4 is 4.74 Å². The zero-order valence-electron chi connectivity index (χ0n) is 27.9. The smallest absolute Gasteiger partial charge is 0.167 e. The summed E-state index contributed by atoms with van der Waals surface area (Å²) < 4.78 is 9.31. The van der Waals surface area contributed by atoms with Crippen LogP contribution in [0.1, 0.15) is 0 Å². The summed E-state index contributed by atoms with van der Waals surface area (Å²) in [4.78, 5) is 15.3. The van der Waals surface area contributed by atoms with Gasteiger partial charge in [-0.3, -0.25) is 0 Å². The number of benzene rings is 8. The number of fused-ring (bicyclic) bond motifs is 6. The van der Waals surface area contributed by atoms with Crippen LogP contribution in [0.3, 0.4) is 0 Å². The minimum atomic E-state index is 0.561. The van der Waals surface area contributed by atoms with Gasteiger partial charge in [-0.1, -0.05) is 140 Å². The lowest BCUT2D eigenvalue weighted by molar-refractivity contribution is 0.488. The summed E-state index contributed by atoms with van der Waals surface area (Å²) in [6.45, 7) is 0. The van der Waals surface area contributed by atoms with Crippen LogP contribution >= 0.6 is 0 Å². The molecule has 0 radical (unpaired) electrons. The van der Waals surface area contributed by atoms with Crippen LogP contribution in [-0.4, -0.2) is 19.5 Å². The molecule has 10 aromatic rings. The van der Waals surface area contributed by atoms with Gasteiger partial charge >= 0.3 is 0 Å². The SMILES string of the molecule is c1ccc(-c2nc(-c3cccc4c3Oc3ccc(-n5c6ccccc6c6ccccc65)c5cccc-4c35)nc(-c3cccc4ccccc34)n2)cc1. The maximum absolute atomic E-state index is 6.93. The van der Waals surface area contributed by atoms with E-state index in [0.29, 0.717) is 17.5 Å². The van der Waals surface area contributed by atoms with E-state index in [1.54, 1.807) is 0 Å². The largest absolute Gasteiger partial charge is 0.455 e. The highest BCUT2D eigenvalue weighted by atomic mass is 16.5. The third kappa shape index (κ3) is 4.26. The molecule has 8 aromatic carbocycles. The highest BCUT2D eigenvalue weighted by molar-refractivity contribution is 6.13. The third-order valence-corrected chi connectivity index (χ3v) is 10.3. The molecule has 242 valence electrons. The van der Waals surface area contributed by atoms with E-state index in [4.69, 9.17) is 19.7 Å². The Balaban J connectivity index is 1.13. The molecule has 0 unspecified atom stereocenters. The fourth-order valence-corrected chi connectivity index (χ4v) is 7.94. The van der Waals surface area contributed by atoms with Crippen LogP contribution in [0.15, 0.2) is 170 Å². The first-order valence-electron chi connectivity index (χ1n) is 17.5. The predicted octanol–water partition coefficient (Wildman–Crippen LogP) is 12.0. The summed E-state index contributed by atoms with van der Waals surface area (Å²) in [7, 11) is 0. The molecule has 0 bridgehead atoms. The van der Waals surface area contributed by atoms with Crippen LogP contribution in [0.2, 0.25) is 0 Å². The number of hydrogen-bond donors (Lipinski definition) is 0. The summed E-state index contributed by atoms with van der Waals surface area (Å²) in [6.07, 6.45) is 0. The summed E-state index contributed by atoms with van der Waals surface area (Å²) >= 11 is 0. The van der Waals surface area contributed by atoms with Crippen LogP contribution in [0, 0.1) is 0 Å². The molecule has 1 aliphatic heterocycles. The van der Waals surface area contributed by atoms with Crippen molar-refractivity contribution in [3.05, 3.63) is 170 Å². The van der Waals surface area contributed by atoms with E-state index in [-0.39, 0.29) is 0 Å². The average Bonchev–Trinajstić information content (AvgIpc) is 3.55. The molecule has 0 saturated heterocycles. The molecule has 52 heavy (non-hydrogen) atoms. The molecule has 0 N–H and O–H groups in total. The second-order valence-electron chi connectivity index (χ2n) is 13.2. The topological polar surface area (TPSA) is 52.8 Å². The molecule has 2 aromatic heterocycles. The molecule has 0 spiro atoms. The van der Waals surface area contributed by atoms with E-state index < -0.39 is 0 Å². The van der Waals surface area contributed by atoms with Gasteiger partial charge in [0.05, 0.1) is 22.3 Å². The van der Waals surface area contributed by atoms with Gasteiger partial charge in [0.15, 0.2) is 17.5 Å². The lowest BCUT2D eigenvalue weighted by atomic mass is 9.92. The zero-order chi connectivity index (χ0) is 34.2. The molecule has 3 heterocycles. The number of nitrogens with zero attached hydrogens (tertiary/aromatic N) is 4. The van der Waals surface area contributed by atoms with Crippen molar-refractivity contribution in [2.45, 2.75) is 0 Å². The molecule has 1 aliphatic rings. The Morgan fingerprint density at radius 3 is 1.75 bits per heavy atom. The molecular weight excluding hydrogens is 637 g/mol. The van der Waals surface area contributed by atoms with Crippen LogP contribution in [0.4, 0.5) is 0 Å². The Hall–Kier alpha value is -7.11. The van der Waals surface area contributed by atoms with Crippen LogP contribution in [-0.2, 0) is 0 Å². The quantitative estimate of drug-likeness (QED) is 0.188. The van der Waals surface area contributed by atoms with Gasteiger partial charge in [-0.2, -0.15) is 0 Å². The Morgan fingerprint density at radius 1 is 0.385 bits per heavy atom. The minimum absolute atomic E-state index is 0.561. The monoisotopic (exact) mass is 664 g/mol. The molecule has 5 heteroatoms. The number of ether oxygens (including phenoxy) is 1. The predicted molar refractivity (Wildman–Crippen MR) is 211 cm³/mol. The molecule has 0 fully saturated rings. The summed E-state index contributed by atoms with van der Waals surface area (Å²) in [6, 6.07) is 59.0.